The zero-order chi connectivity index (χ0) is 40.7. The Morgan fingerprint density at radius 1 is 0.852 bits per heavy atom. The lowest BCUT2D eigenvalue weighted by Gasteiger charge is -2.48. The van der Waals surface area contributed by atoms with Gasteiger partial charge in [-0.1, -0.05) is 13.8 Å². The van der Waals surface area contributed by atoms with E-state index in [4.69, 9.17) is 42.6 Å². The molecule has 3 N–H and O–H groups in total. The van der Waals surface area contributed by atoms with Crippen LogP contribution in [0.25, 0.3) is 0 Å². The molecule has 0 amide bonds. The predicted octanol–water partition coefficient (Wildman–Crippen LogP) is 2.69. The van der Waals surface area contributed by atoms with Crippen LogP contribution < -0.4 is 0 Å². The van der Waals surface area contributed by atoms with Gasteiger partial charge in [0, 0.05) is 31.9 Å². The number of methoxy groups -OCH3 is 1. The molecule has 16 heteroatoms. The smallest absolute Gasteiger partial charge is 0.462 e. The quantitative estimate of drug-likeness (QED) is 0.252. The number of esters is 2. The second-order valence-electron chi connectivity index (χ2n) is 16.8. The van der Waals surface area contributed by atoms with E-state index in [1.54, 1.807) is 48.5 Å². The molecule has 4 heterocycles. The molecule has 0 bridgehead atoms. The van der Waals surface area contributed by atoms with Crippen molar-refractivity contribution in [2.45, 2.75) is 185 Å². The summed E-state index contributed by atoms with van der Waals surface area (Å²) in [5.74, 6) is -4.43. The first-order valence-corrected chi connectivity index (χ1v) is 19.2. The van der Waals surface area contributed by atoms with E-state index in [2.05, 4.69) is 0 Å². The molecule has 0 saturated carbocycles. The summed E-state index contributed by atoms with van der Waals surface area (Å²) >= 11 is 0. The lowest BCUT2D eigenvalue weighted by atomic mass is 9.79. The number of aliphatic hydroxyl groups is 3. The van der Waals surface area contributed by atoms with Gasteiger partial charge in [0.1, 0.15) is 24.4 Å². The highest BCUT2D eigenvalue weighted by molar-refractivity contribution is 5.76. The van der Waals surface area contributed by atoms with E-state index >= 15 is 0 Å². The molecule has 18 atom stereocenters. The number of ether oxygens (including phenoxy) is 9. The fourth-order valence-corrected chi connectivity index (χ4v) is 8.76. The van der Waals surface area contributed by atoms with Crippen molar-refractivity contribution in [2.24, 2.45) is 17.8 Å². The van der Waals surface area contributed by atoms with Crippen molar-refractivity contribution in [3.63, 3.8) is 0 Å². The normalized spacial score (nSPS) is 48.5. The molecule has 0 aromatic carbocycles. The van der Waals surface area contributed by atoms with Crippen LogP contribution >= 0.6 is 0 Å². The minimum Gasteiger partial charge on any atom is -0.462 e. The van der Waals surface area contributed by atoms with Crippen molar-refractivity contribution in [2.75, 3.05) is 21.2 Å². The van der Waals surface area contributed by atoms with Crippen molar-refractivity contribution in [1.82, 2.24) is 4.90 Å². The third-order valence-corrected chi connectivity index (χ3v) is 12.0. The molecule has 16 nitrogen and oxygen atoms in total. The SMILES string of the molecule is CC[C@H]1OC(=O)[C@H](C)[C@@H](O[C@H]2C[C@@](C)(OC)[C@@H](O)[C@H](C)O2)[C@H](C)[C@@H](O[C@@H]2O[C@H](C)C[C@H](N(C)C)[C@H]2O)[C@](C)(O)C[C@@H](C)OC(=O)[C@@H](C)[C@H]2OC(=O)O[C@@]21C. The van der Waals surface area contributed by atoms with Crippen molar-refractivity contribution < 1.29 is 72.3 Å². The number of fused-ring (bicyclic) bond motifs is 1. The van der Waals surface area contributed by atoms with Crippen molar-refractivity contribution in [3.05, 3.63) is 0 Å². The summed E-state index contributed by atoms with van der Waals surface area (Å²) in [6.07, 6.45) is -11.1. The van der Waals surface area contributed by atoms with Crippen LogP contribution in [0.4, 0.5) is 4.79 Å². The van der Waals surface area contributed by atoms with Crippen LogP contribution in [-0.4, -0.2) is 150 Å². The molecule has 54 heavy (non-hydrogen) atoms. The van der Waals surface area contributed by atoms with Gasteiger partial charge in [0.25, 0.3) is 0 Å². The van der Waals surface area contributed by atoms with E-state index in [9.17, 15) is 29.7 Å². The monoisotopic (exact) mass is 775 g/mol. The maximum Gasteiger partial charge on any atom is 0.509 e. The van der Waals surface area contributed by atoms with Crippen LogP contribution in [0.1, 0.15) is 94.9 Å². The van der Waals surface area contributed by atoms with Gasteiger partial charge in [0.05, 0.1) is 47.5 Å². The van der Waals surface area contributed by atoms with Gasteiger partial charge in [-0.25, -0.2) is 4.79 Å². The van der Waals surface area contributed by atoms with Crippen LogP contribution in [0.2, 0.25) is 0 Å². The molecule has 4 saturated heterocycles. The molecular formula is C38H65NO15. The van der Waals surface area contributed by atoms with E-state index < -0.39 is 114 Å². The highest BCUT2D eigenvalue weighted by atomic mass is 16.8. The van der Waals surface area contributed by atoms with Crippen LogP contribution in [0.15, 0.2) is 0 Å². The van der Waals surface area contributed by atoms with Gasteiger partial charge in [-0.2, -0.15) is 0 Å². The van der Waals surface area contributed by atoms with E-state index in [-0.39, 0.29) is 31.4 Å². The maximum absolute atomic E-state index is 14.3. The zero-order valence-corrected chi connectivity index (χ0v) is 34.2. The number of carbonyl (C=O) groups is 3. The fourth-order valence-electron chi connectivity index (χ4n) is 8.76. The Balaban J connectivity index is 1.83. The number of rotatable bonds is 7. The summed E-state index contributed by atoms with van der Waals surface area (Å²) in [6.45, 7) is 16.6. The predicted molar refractivity (Wildman–Crippen MR) is 191 cm³/mol. The number of hydrogen-bond donors (Lipinski definition) is 3. The standard InChI is InChI=1S/C38H65NO15/c1-14-25-38(10)31(53-35(44)54-38)22(6)33(43)47-19(3)16-36(8,45)30(52-34-27(40)24(39(11)12)15-18(2)48-34)20(4)28(21(5)32(42)50-25)51-26-17-37(9,46-13)29(41)23(7)49-26/h18-31,34,40-41,45H,14-17H2,1-13H3/t18-,19-,20+,21-,22+,23+,24+,25-,26+,27-,28+,29+,30-,31-,34+,36-,37-,38-/m1/s1. The molecule has 0 aliphatic carbocycles. The molecule has 0 aromatic rings. The Morgan fingerprint density at radius 2 is 1.48 bits per heavy atom. The highest BCUT2D eigenvalue weighted by Gasteiger charge is 2.59. The second-order valence-corrected chi connectivity index (χ2v) is 16.8. The second kappa shape index (κ2) is 17.1. The van der Waals surface area contributed by atoms with Crippen molar-refractivity contribution in [1.29, 1.82) is 0 Å². The number of nitrogens with zero attached hydrogens (tertiary/aromatic N) is 1. The first-order chi connectivity index (χ1) is 25.0. The maximum atomic E-state index is 14.3. The van der Waals surface area contributed by atoms with E-state index in [0.29, 0.717) is 6.42 Å². The van der Waals surface area contributed by atoms with Gasteiger partial charge < -0.3 is 62.9 Å². The van der Waals surface area contributed by atoms with Crippen molar-refractivity contribution >= 4 is 18.1 Å². The lowest BCUT2D eigenvalue weighted by molar-refractivity contribution is -0.318. The summed E-state index contributed by atoms with van der Waals surface area (Å²) < 4.78 is 54.4. The number of cyclic esters (lactones) is 2. The summed E-state index contributed by atoms with van der Waals surface area (Å²) in [4.78, 5) is 42.4. The Hall–Kier alpha value is -2.15. The molecule has 4 aliphatic rings. The van der Waals surface area contributed by atoms with E-state index in [0.717, 1.165) is 0 Å². The molecule has 312 valence electrons. The first-order valence-electron chi connectivity index (χ1n) is 19.2. The summed E-state index contributed by atoms with van der Waals surface area (Å²) in [7, 11) is 5.18. The van der Waals surface area contributed by atoms with Gasteiger partial charge in [-0.3, -0.25) is 9.59 Å². The zero-order valence-electron chi connectivity index (χ0n) is 34.2. The van der Waals surface area contributed by atoms with Crippen LogP contribution in [0, 0.1) is 17.8 Å². The Labute approximate surface area is 319 Å². The minimum atomic E-state index is -1.80. The summed E-state index contributed by atoms with van der Waals surface area (Å²) in [6, 6.07) is -0.332. The molecule has 0 unspecified atom stereocenters. The van der Waals surface area contributed by atoms with E-state index in [1.807, 2.05) is 25.9 Å². The molecule has 0 radical (unpaired) electrons. The Bertz CT molecular complexity index is 1320. The Morgan fingerprint density at radius 3 is 2.07 bits per heavy atom. The van der Waals surface area contributed by atoms with Crippen LogP contribution in [0.5, 0.6) is 0 Å². The van der Waals surface area contributed by atoms with Gasteiger partial charge in [-0.05, 0) is 82.3 Å². The third kappa shape index (κ3) is 9.18. The number of hydrogen-bond acceptors (Lipinski definition) is 16. The van der Waals surface area contributed by atoms with Gasteiger partial charge in [0.2, 0.25) is 0 Å². The Kier molecular flexibility index (Phi) is 14.1. The average Bonchev–Trinajstić information content (AvgIpc) is 3.40. The van der Waals surface area contributed by atoms with Crippen LogP contribution in [-0.2, 0) is 52.2 Å². The fraction of sp³-hybridized carbons (Fsp3) is 0.921. The van der Waals surface area contributed by atoms with Gasteiger partial charge in [-0.15, -0.1) is 0 Å². The minimum absolute atomic E-state index is 0.0872. The molecule has 4 rings (SSSR count). The summed E-state index contributed by atoms with van der Waals surface area (Å²) in [5.41, 5.74) is -4.42. The van der Waals surface area contributed by atoms with Gasteiger partial charge in [0.15, 0.2) is 24.3 Å². The lowest BCUT2D eigenvalue weighted by Crippen LogP contribution is -2.60. The summed E-state index contributed by atoms with van der Waals surface area (Å²) in [5, 5.41) is 34.9. The largest absolute Gasteiger partial charge is 0.509 e. The first kappa shape index (κ1) is 44.6. The molecule has 4 aliphatic heterocycles. The molecule has 4 fully saturated rings. The van der Waals surface area contributed by atoms with Crippen LogP contribution in [0.3, 0.4) is 0 Å². The molecule has 0 aromatic heterocycles. The molecular weight excluding hydrogens is 710 g/mol. The number of carbonyl (C=O) groups excluding carboxylic acids is 3. The topological polar surface area (TPSA) is 198 Å². The number of likely N-dealkylation sites (N-methyl/N-ethyl adjacent to an activating group) is 1. The third-order valence-electron chi connectivity index (χ3n) is 12.0. The molecule has 0 spiro atoms. The average molecular weight is 776 g/mol. The van der Waals surface area contributed by atoms with Gasteiger partial charge >= 0.3 is 18.1 Å². The van der Waals surface area contributed by atoms with Crippen molar-refractivity contribution in [3.8, 4) is 0 Å². The number of aliphatic hydroxyl groups excluding tert-OH is 2. The highest BCUT2D eigenvalue weighted by Crippen LogP contribution is 2.42. The van der Waals surface area contributed by atoms with E-state index in [1.165, 1.54) is 21.0 Å².